The van der Waals surface area contributed by atoms with E-state index in [2.05, 4.69) is 26.1 Å². The molecule has 0 aliphatic rings. The van der Waals surface area contributed by atoms with Crippen molar-refractivity contribution in [1.82, 2.24) is 5.32 Å². The molecule has 1 amide bonds. The number of sulfonamides is 1. The monoisotopic (exact) mass is 402 g/mol. The summed E-state index contributed by atoms with van der Waals surface area (Å²) in [6, 6.07) is 17.2. The molecule has 2 rings (SSSR count). The molecule has 2 aromatic carbocycles. The van der Waals surface area contributed by atoms with Crippen molar-refractivity contribution in [2.75, 3.05) is 23.7 Å². The van der Waals surface area contributed by atoms with Crippen LogP contribution in [0.3, 0.4) is 0 Å². The molecule has 0 aromatic heterocycles. The van der Waals surface area contributed by atoms with Crippen LogP contribution in [0, 0.1) is 0 Å². The van der Waals surface area contributed by atoms with Gasteiger partial charge in [0.2, 0.25) is 15.9 Å². The molecule has 0 saturated heterocycles. The molecule has 0 bridgehead atoms. The molecule has 0 heterocycles. The predicted molar refractivity (Wildman–Crippen MR) is 115 cm³/mol. The summed E-state index contributed by atoms with van der Waals surface area (Å²) in [6.07, 6.45) is 1.12. The van der Waals surface area contributed by atoms with E-state index in [0.717, 1.165) is 21.7 Å². The molecule has 0 saturated carbocycles. The van der Waals surface area contributed by atoms with Gasteiger partial charge in [0.1, 0.15) is 6.54 Å². The van der Waals surface area contributed by atoms with Crippen LogP contribution >= 0.6 is 0 Å². The SMILES string of the molecule is C[C@H](CNC(=O)CN(c1ccc(C(C)(C)C)cc1)S(C)(=O)=O)c1ccccc1. The van der Waals surface area contributed by atoms with Crippen LogP contribution < -0.4 is 9.62 Å². The van der Waals surface area contributed by atoms with Gasteiger partial charge in [0.15, 0.2) is 0 Å². The summed E-state index contributed by atoms with van der Waals surface area (Å²) in [5, 5.41) is 2.84. The first-order chi connectivity index (χ1) is 13.0. The number of hydrogen-bond donors (Lipinski definition) is 1. The Bertz CT molecular complexity index is 886. The molecule has 0 radical (unpaired) electrons. The van der Waals surface area contributed by atoms with Crippen LogP contribution in [0.15, 0.2) is 54.6 Å². The standard InChI is InChI=1S/C22H30N2O3S/c1-17(18-9-7-6-8-10-18)15-23-21(25)16-24(28(5,26)27)20-13-11-19(12-14-20)22(2,3)4/h6-14,17H,15-16H2,1-5H3,(H,23,25)/t17-/m1/s1. The second-order valence-corrected chi connectivity index (χ2v) is 10.1. The predicted octanol–water partition coefficient (Wildman–Crippen LogP) is 3.67. The number of anilines is 1. The van der Waals surface area contributed by atoms with Gasteiger partial charge >= 0.3 is 0 Å². The molecular formula is C22H30N2O3S. The Kier molecular flexibility index (Phi) is 6.88. The summed E-state index contributed by atoms with van der Waals surface area (Å²) in [5.41, 5.74) is 2.69. The van der Waals surface area contributed by atoms with Crippen molar-refractivity contribution in [3.63, 3.8) is 0 Å². The third kappa shape index (κ3) is 6.09. The molecule has 0 aliphatic heterocycles. The number of carbonyl (C=O) groups is 1. The lowest BCUT2D eigenvalue weighted by molar-refractivity contribution is -0.119. The van der Waals surface area contributed by atoms with Gasteiger partial charge in [-0.3, -0.25) is 9.10 Å². The smallest absolute Gasteiger partial charge is 0.240 e. The molecule has 0 unspecified atom stereocenters. The first-order valence-corrected chi connectivity index (χ1v) is 11.2. The second-order valence-electron chi connectivity index (χ2n) is 8.18. The number of nitrogens with zero attached hydrogens (tertiary/aromatic N) is 1. The molecule has 1 N–H and O–H groups in total. The first kappa shape index (κ1) is 22.0. The van der Waals surface area contributed by atoms with Gasteiger partial charge in [-0.15, -0.1) is 0 Å². The van der Waals surface area contributed by atoms with Crippen molar-refractivity contribution in [2.45, 2.75) is 39.0 Å². The van der Waals surface area contributed by atoms with Gasteiger partial charge in [0, 0.05) is 6.54 Å². The maximum absolute atomic E-state index is 12.4. The highest BCUT2D eigenvalue weighted by Gasteiger charge is 2.22. The van der Waals surface area contributed by atoms with Crippen molar-refractivity contribution < 1.29 is 13.2 Å². The van der Waals surface area contributed by atoms with E-state index >= 15 is 0 Å². The lowest BCUT2D eigenvalue weighted by atomic mass is 9.87. The van der Waals surface area contributed by atoms with Crippen LogP contribution in [0.1, 0.15) is 44.7 Å². The van der Waals surface area contributed by atoms with E-state index in [0.29, 0.717) is 12.2 Å². The Labute approximate surface area is 168 Å². The first-order valence-electron chi connectivity index (χ1n) is 9.38. The zero-order chi connectivity index (χ0) is 20.9. The topological polar surface area (TPSA) is 66.5 Å². The summed E-state index contributed by atoms with van der Waals surface area (Å²) in [5.74, 6) is -0.184. The van der Waals surface area contributed by atoms with Gasteiger partial charge in [-0.2, -0.15) is 0 Å². The van der Waals surface area contributed by atoms with E-state index in [1.165, 1.54) is 0 Å². The van der Waals surface area contributed by atoms with Gasteiger partial charge in [0.05, 0.1) is 11.9 Å². The molecule has 28 heavy (non-hydrogen) atoms. The number of benzene rings is 2. The third-order valence-electron chi connectivity index (χ3n) is 4.68. The molecular weight excluding hydrogens is 372 g/mol. The second kappa shape index (κ2) is 8.78. The van der Waals surface area contributed by atoms with Crippen LogP contribution in [0.4, 0.5) is 5.69 Å². The number of amides is 1. The minimum absolute atomic E-state index is 0.0284. The normalized spacial score (nSPS) is 13.0. The van der Waals surface area contributed by atoms with E-state index in [-0.39, 0.29) is 23.8 Å². The van der Waals surface area contributed by atoms with Crippen LogP contribution in [0.5, 0.6) is 0 Å². The van der Waals surface area contributed by atoms with E-state index in [9.17, 15) is 13.2 Å². The van der Waals surface area contributed by atoms with E-state index < -0.39 is 10.0 Å². The van der Waals surface area contributed by atoms with Crippen LogP contribution in [-0.2, 0) is 20.2 Å². The fourth-order valence-corrected chi connectivity index (χ4v) is 3.74. The van der Waals surface area contributed by atoms with Gasteiger partial charge in [-0.1, -0.05) is 70.2 Å². The van der Waals surface area contributed by atoms with Crippen molar-refractivity contribution in [3.8, 4) is 0 Å². The Morgan fingerprint density at radius 1 is 1.04 bits per heavy atom. The van der Waals surface area contributed by atoms with Gasteiger partial charge in [-0.25, -0.2) is 8.42 Å². The zero-order valence-electron chi connectivity index (χ0n) is 17.3. The number of nitrogens with one attached hydrogen (secondary N) is 1. The minimum atomic E-state index is -3.58. The fourth-order valence-electron chi connectivity index (χ4n) is 2.88. The third-order valence-corrected chi connectivity index (χ3v) is 5.82. The fraction of sp³-hybridized carbons (Fsp3) is 0.409. The number of rotatable bonds is 7. The Morgan fingerprint density at radius 2 is 1.61 bits per heavy atom. The molecule has 5 nitrogen and oxygen atoms in total. The Morgan fingerprint density at radius 3 is 2.11 bits per heavy atom. The van der Waals surface area contributed by atoms with E-state index in [1.54, 1.807) is 12.1 Å². The molecule has 0 aliphatic carbocycles. The zero-order valence-corrected chi connectivity index (χ0v) is 18.1. The lowest BCUT2D eigenvalue weighted by Crippen LogP contribution is -2.41. The maximum atomic E-state index is 12.4. The van der Waals surface area contributed by atoms with Crippen molar-refractivity contribution in [1.29, 1.82) is 0 Å². The van der Waals surface area contributed by atoms with Crippen LogP contribution in [0.25, 0.3) is 0 Å². The minimum Gasteiger partial charge on any atom is -0.354 e. The summed E-state index contributed by atoms with van der Waals surface area (Å²) >= 11 is 0. The molecule has 6 heteroatoms. The highest BCUT2D eigenvalue weighted by molar-refractivity contribution is 7.92. The van der Waals surface area contributed by atoms with Crippen molar-refractivity contribution in [3.05, 3.63) is 65.7 Å². The maximum Gasteiger partial charge on any atom is 0.240 e. The molecule has 0 fully saturated rings. The molecule has 152 valence electrons. The Balaban J connectivity index is 2.07. The lowest BCUT2D eigenvalue weighted by Gasteiger charge is -2.24. The average Bonchev–Trinajstić information content (AvgIpc) is 2.63. The summed E-state index contributed by atoms with van der Waals surface area (Å²) < 4.78 is 25.7. The van der Waals surface area contributed by atoms with Crippen molar-refractivity contribution >= 4 is 21.6 Å². The van der Waals surface area contributed by atoms with Gasteiger partial charge in [0.25, 0.3) is 0 Å². The highest BCUT2D eigenvalue weighted by atomic mass is 32.2. The summed E-state index contributed by atoms with van der Waals surface area (Å²) in [7, 11) is -3.58. The number of hydrogen-bond acceptors (Lipinski definition) is 3. The molecule has 2 aromatic rings. The van der Waals surface area contributed by atoms with E-state index in [1.807, 2.05) is 49.4 Å². The van der Waals surface area contributed by atoms with Gasteiger partial charge in [-0.05, 0) is 34.6 Å². The quantitative estimate of drug-likeness (QED) is 0.768. The average molecular weight is 403 g/mol. The van der Waals surface area contributed by atoms with Gasteiger partial charge < -0.3 is 5.32 Å². The molecule has 0 spiro atoms. The van der Waals surface area contributed by atoms with Crippen molar-refractivity contribution in [2.24, 2.45) is 0 Å². The van der Waals surface area contributed by atoms with Crippen LogP contribution in [-0.4, -0.2) is 33.7 Å². The highest BCUT2D eigenvalue weighted by Crippen LogP contribution is 2.25. The Hall–Kier alpha value is -2.34. The largest absolute Gasteiger partial charge is 0.354 e. The van der Waals surface area contributed by atoms with E-state index in [4.69, 9.17) is 0 Å². The molecule has 1 atom stereocenters. The number of carbonyl (C=O) groups excluding carboxylic acids is 1. The van der Waals surface area contributed by atoms with Crippen LogP contribution in [0.2, 0.25) is 0 Å². The summed E-state index contributed by atoms with van der Waals surface area (Å²) in [6.45, 7) is 8.51. The summed E-state index contributed by atoms with van der Waals surface area (Å²) in [4.78, 5) is 12.4.